The van der Waals surface area contributed by atoms with E-state index in [2.05, 4.69) is 5.10 Å². The molecule has 0 aliphatic carbocycles. The Morgan fingerprint density at radius 1 is 1.75 bits per heavy atom. The molecule has 0 saturated carbocycles. The molecule has 0 amide bonds. The van der Waals surface area contributed by atoms with Gasteiger partial charge in [0.1, 0.15) is 17.4 Å². The summed E-state index contributed by atoms with van der Waals surface area (Å²) in [5.41, 5.74) is 1.23. The van der Waals surface area contributed by atoms with E-state index in [1.165, 1.54) is 0 Å². The zero-order chi connectivity index (χ0) is 11.5. The maximum atomic E-state index is 11.7. The third-order valence-electron chi connectivity index (χ3n) is 2.59. The number of hydrogen-bond donors (Lipinski definition) is 0. The molecule has 2 rings (SSSR count). The van der Waals surface area contributed by atoms with E-state index in [-0.39, 0.29) is 12.1 Å². The van der Waals surface area contributed by atoms with Crippen LogP contribution in [0.2, 0.25) is 0 Å². The molecule has 1 aliphatic heterocycles. The summed E-state index contributed by atoms with van der Waals surface area (Å²) < 4.78 is 12.2. The Hall–Kier alpha value is -1.36. The molecule has 0 radical (unpaired) electrons. The number of esters is 1. The van der Waals surface area contributed by atoms with Gasteiger partial charge in [0, 0.05) is 19.9 Å². The van der Waals surface area contributed by atoms with Crippen LogP contribution in [0.25, 0.3) is 0 Å². The van der Waals surface area contributed by atoms with E-state index in [1.807, 2.05) is 0 Å². The summed E-state index contributed by atoms with van der Waals surface area (Å²) in [4.78, 5) is 11.7. The summed E-state index contributed by atoms with van der Waals surface area (Å²) in [5, 5.41) is 4.29. The molecule has 1 atom stereocenters. The Kier molecular flexibility index (Phi) is 3.24. The van der Waals surface area contributed by atoms with Gasteiger partial charge in [-0.3, -0.25) is 4.68 Å². The van der Waals surface area contributed by atoms with Gasteiger partial charge in [0.2, 0.25) is 0 Å². The minimum Gasteiger partial charge on any atom is -0.462 e. The van der Waals surface area contributed by atoms with E-state index in [1.54, 1.807) is 24.9 Å². The van der Waals surface area contributed by atoms with Crippen LogP contribution in [0.5, 0.6) is 0 Å². The fraction of sp³-hybridized carbons (Fsp3) is 0.636. The van der Waals surface area contributed by atoms with Crippen LogP contribution in [-0.2, 0) is 16.5 Å². The average Bonchev–Trinajstić information content (AvgIpc) is 2.85. The molecule has 1 aliphatic rings. The second-order valence-electron chi connectivity index (χ2n) is 3.82. The quantitative estimate of drug-likeness (QED) is 0.729. The normalized spacial score (nSPS) is 20.0. The van der Waals surface area contributed by atoms with Crippen LogP contribution >= 0.6 is 0 Å². The van der Waals surface area contributed by atoms with Crippen molar-refractivity contribution in [2.45, 2.75) is 25.9 Å². The largest absolute Gasteiger partial charge is 0.462 e. The summed E-state index contributed by atoms with van der Waals surface area (Å²) in [6.45, 7) is 2.90. The van der Waals surface area contributed by atoms with E-state index < -0.39 is 0 Å². The maximum absolute atomic E-state index is 11.7. The molecule has 0 N–H and O–H groups in total. The van der Waals surface area contributed by atoms with Gasteiger partial charge in [-0.1, -0.05) is 0 Å². The third kappa shape index (κ3) is 2.09. The van der Waals surface area contributed by atoms with Gasteiger partial charge in [-0.05, 0) is 19.8 Å². The van der Waals surface area contributed by atoms with Gasteiger partial charge in [0.05, 0.1) is 6.61 Å². The molecule has 2 heterocycles. The second kappa shape index (κ2) is 4.65. The standard InChI is InChI=1S/C11H16N2O3/c1-3-15-11(14)8-7-13(2)12-10(8)9-5-4-6-16-9/h7,9H,3-6H2,1-2H3. The molecule has 5 nitrogen and oxygen atoms in total. The molecule has 1 aromatic heterocycles. The zero-order valence-electron chi connectivity index (χ0n) is 9.60. The minimum absolute atomic E-state index is 0.0550. The van der Waals surface area contributed by atoms with E-state index in [9.17, 15) is 4.79 Å². The molecule has 5 heteroatoms. The number of carbonyl (C=O) groups is 1. The van der Waals surface area contributed by atoms with Gasteiger partial charge in [-0.15, -0.1) is 0 Å². The summed E-state index contributed by atoms with van der Waals surface area (Å²) in [5.74, 6) is -0.318. The Labute approximate surface area is 94.3 Å². The van der Waals surface area contributed by atoms with Gasteiger partial charge in [0.25, 0.3) is 0 Å². The molecule has 1 aromatic rings. The summed E-state index contributed by atoms with van der Waals surface area (Å²) in [7, 11) is 1.79. The third-order valence-corrected chi connectivity index (χ3v) is 2.59. The lowest BCUT2D eigenvalue weighted by Gasteiger charge is -2.07. The van der Waals surface area contributed by atoms with Crippen molar-refractivity contribution >= 4 is 5.97 Å². The van der Waals surface area contributed by atoms with E-state index in [0.29, 0.717) is 17.9 Å². The van der Waals surface area contributed by atoms with Crippen LogP contribution in [0.3, 0.4) is 0 Å². The zero-order valence-corrected chi connectivity index (χ0v) is 9.60. The van der Waals surface area contributed by atoms with Crippen LogP contribution in [0, 0.1) is 0 Å². The van der Waals surface area contributed by atoms with Crippen LogP contribution in [0.15, 0.2) is 6.20 Å². The minimum atomic E-state index is -0.318. The van der Waals surface area contributed by atoms with Crippen LogP contribution < -0.4 is 0 Å². The molecule has 1 fully saturated rings. The number of aryl methyl sites for hydroxylation is 1. The van der Waals surface area contributed by atoms with Crippen molar-refractivity contribution in [2.75, 3.05) is 13.2 Å². The first-order valence-electron chi connectivity index (χ1n) is 5.54. The molecular formula is C11H16N2O3. The van der Waals surface area contributed by atoms with Gasteiger partial charge in [0.15, 0.2) is 0 Å². The van der Waals surface area contributed by atoms with Crippen molar-refractivity contribution in [2.24, 2.45) is 7.05 Å². The van der Waals surface area contributed by atoms with Gasteiger partial charge < -0.3 is 9.47 Å². The topological polar surface area (TPSA) is 53.4 Å². The van der Waals surface area contributed by atoms with Gasteiger partial charge in [-0.25, -0.2) is 4.79 Å². The molecule has 1 saturated heterocycles. The van der Waals surface area contributed by atoms with Crippen LogP contribution in [0.4, 0.5) is 0 Å². The molecule has 0 bridgehead atoms. The predicted molar refractivity (Wildman–Crippen MR) is 57.1 cm³/mol. The van der Waals surface area contributed by atoms with Crippen molar-refractivity contribution in [3.63, 3.8) is 0 Å². The van der Waals surface area contributed by atoms with Crippen LogP contribution in [0.1, 0.15) is 41.9 Å². The van der Waals surface area contributed by atoms with Gasteiger partial charge >= 0.3 is 5.97 Å². The van der Waals surface area contributed by atoms with Gasteiger partial charge in [-0.2, -0.15) is 5.10 Å². The molecule has 0 spiro atoms. The SMILES string of the molecule is CCOC(=O)c1cn(C)nc1C1CCCO1. The van der Waals surface area contributed by atoms with E-state index >= 15 is 0 Å². The van der Waals surface area contributed by atoms with Crippen LogP contribution in [-0.4, -0.2) is 29.0 Å². The molecular weight excluding hydrogens is 208 g/mol. The first kappa shape index (κ1) is 11.1. The number of nitrogens with zero attached hydrogens (tertiary/aromatic N) is 2. The van der Waals surface area contributed by atoms with E-state index in [4.69, 9.17) is 9.47 Å². The predicted octanol–water partition coefficient (Wildman–Crippen LogP) is 1.45. The smallest absolute Gasteiger partial charge is 0.341 e. The lowest BCUT2D eigenvalue weighted by atomic mass is 10.1. The number of hydrogen-bond acceptors (Lipinski definition) is 4. The monoisotopic (exact) mass is 224 g/mol. The lowest BCUT2D eigenvalue weighted by Crippen LogP contribution is -2.09. The second-order valence-corrected chi connectivity index (χ2v) is 3.82. The Bertz CT molecular complexity index is 381. The fourth-order valence-corrected chi connectivity index (χ4v) is 1.90. The number of aromatic nitrogens is 2. The first-order valence-corrected chi connectivity index (χ1v) is 5.54. The Morgan fingerprint density at radius 2 is 2.56 bits per heavy atom. The Morgan fingerprint density at radius 3 is 3.19 bits per heavy atom. The van der Waals surface area contributed by atoms with Crippen molar-refractivity contribution in [3.05, 3.63) is 17.5 Å². The molecule has 0 aromatic carbocycles. The van der Waals surface area contributed by atoms with Crippen molar-refractivity contribution in [1.82, 2.24) is 9.78 Å². The lowest BCUT2D eigenvalue weighted by molar-refractivity contribution is 0.0514. The number of rotatable bonds is 3. The highest BCUT2D eigenvalue weighted by Crippen LogP contribution is 2.29. The molecule has 1 unspecified atom stereocenters. The number of carbonyl (C=O) groups excluding carboxylic acids is 1. The van der Waals surface area contributed by atoms with Crippen molar-refractivity contribution < 1.29 is 14.3 Å². The summed E-state index contributed by atoms with van der Waals surface area (Å²) >= 11 is 0. The molecule has 16 heavy (non-hydrogen) atoms. The van der Waals surface area contributed by atoms with Crippen molar-refractivity contribution in [3.8, 4) is 0 Å². The summed E-state index contributed by atoms with van der Waals surface area (Å²) in [6, 6.07) is 0. The first-order chi connectivity index (χ1) is 7.72. The highest BCUT2D eigenvalue weighted by molar-refractivity contribution is 5.90. The Balaban J connectivity index is 2.25. The fourth-order valence-electron chi connectivity index (χ4n) is 1.90. The highest BCUT2D eigenvalue weighted by Gasteiger charge is 2.27. The molecule has 88 valence electrons. The average molecular weight is 224 g/mol. The van der Waals surface area contributed by atoms with E-state index in [0.717, 1.165) is 19.4 Å². The van der Waals surface area contributed by atoms with Crippen molar-refractivity contribution in [1.29, 1.82) is 0 Å². The summed E-state index contributed by atoms with van der Waals surface area (Å²) in [6.07, 6.45) is 3.57. The maximum Gasteiger partial charge on any atom is 0.341 e. The highest BCUT2D eigenvalue weighted by atomic mass is 16.5. The number of ether oxygens (including phenoxy) is 2.